The van der Waals surface area contributed by atoms with E-state index in [1.807, 2.05) is 11.9 Å². The quantitative estimate of drug-likeness (QED) is 0.693. The van der Waals surface area contributed by atoms with Crippen molar-refractivity contribution < 1.29 is 4.79 Å². The smallest absolute Gasteiger partial charge is 0.236 e. The van der Waals surface area contributed by atoms with Crippen LogP contribution < -0.4 is 5.32 Å². The molecule has 1 N–H and O–H groups in total. The van der Waals surface area contributed by atoms with Crippen molar-refractivity contribution in [3.63, 3.8) is 0 Å². The Balaban J connectivity index is 2.06. The van der Waals surface area contributed by atoms with Crippen LogP contribution in [0.15, 0.2) is 0 Å². The molecule has 0 aromatic heterocycles. The molecule has 3 nitrogen and oxygen atoms in total. The largest absolute Gasteiger partial charge is 0.344 e. The van der Waals surface area contributed by atoms with E-state index in [-0.39, 0.29) is 5.91 Å². The van der Waals surface area contributed by atoms with E-state index in [1.54, 1.807) is 0 Å². The van der Waals surface area contributed by atoms with E-state index in [9.17, 15) is 4.79 Å². The van der Waals surface area contributed by atoms with Crippen LogP contribution in [-0.4, -0.2) is 37.5 Å². The summed E-state index contributed by atoms with van der Waals surface area (Å²) in [4.78, 5) is 13.4. The van der Waals surface area contributed by atoms with Crippen molar-refractivity contribution >= 4 is 5.91 Å². The van der Waals surface area contributed by atoms with Crippen LogP contribution in [0.5, 0.6) is 0 Å². The molecule has 0 saturated heterocycles. The maximum atomic E-state index is 11.5. The molecule has 0 aromatic rings. The normalized spacial score (nSPS) is 16.0. The van der Waals surface area contributed by atoms with Gasteiger partial charge in [0.1, 0.15) is 0 Å². The van der Waals surface area contributed by atoms with Gasteiger partial charge in [-0.05, 0) is 31.2 Å². The van der Waals surface area contributed by atoms with Crippen LogP contribution in [0.4, 0.5) is 0 Å². The van der Waals surface area contributed by atoms with Crippen LogP contribution >= 0.6 is 0 Å². The molecule has 1 aliphatic rings. The fourth-order valence-electron chi connectivity index (χ4n) is 1.49. The lowest BCUT2D eigenvalue weighted by atomic mass is 10.2. The summed E-state index contributed by atoms with van der Waals surface area (Å²) in [6, 6.07) is 0. The van der Waals surface area contributed by atoms with Gasteiger partial charge in [-0.3, -0.25) is 4.79 Å². The van der Waals surface area contributed by atoms with E-state index >= 15 is 0 Å². The second-order valence-electron chi connectivity index (χ2n) is 4.74. The fourth-order valence-corrected chi connectivity index (χ4v) is 1.49. The lowest BCUT2D eigenvalue weighted by Gasteiger charge is -2.19. The Bertz CT molecular complexity index is 188. The van der Waals surface area contributed by atoms with Gasteiger partial charge in [0.05, 0.1) is 6.54 Å². The van der Waals surface area contributed by atoms with Crippen molar-refractivity contribution in [2.24, 2.45) is 11.8 Å². The van der Waals surface area contributed by atoms with Crippen molar-refractivity contribution in [1.82, 2.24) is 10.2 Å². The molecule has 3 heteroatoms. The van der Waals surface area contributed by atoms with E-state index in [0.717, 1.165) is 19.0 Å². The van der Waals surface area contributed by atoms with Gasteiger partial charge in [0, 0.05) is 13.6 Å². The highest BCUT2D eigenvalue weighted by atomic mass is 16.2. The number of carbonyl (C=O) groups is 1. The molecule has 0 bridgehead atoms. The maximum Gasteiger partial charge on any atom is 0.236 e. The van der Waals surface area contributed by atoms with Gasteiger partial charge in [0.2, 0.25) is 5.91 Å². The van der Waals surface area contributed by atoms with Crippen molar-refractivity contribution in [2.75, 3.05) is 26.7 Å². The van der Waals surface area contributed by atoms with Gasteiger partial charge in [0.25, 0.3) is 0 Å². The summed E-state index contributed by atoms with van der Waals surface area (Å²) < 4.78 is 0. The predicted octanol–water partition coefficient (Wildman–Crippen LogP) is 1.10. The van der Waals surface area contributed by atoms with Crippen molar-refractivity contribution in [1.29, 1.82) is 0 Å². The first-order valence-corrected chi connectivity index (χ1v) is 5.54. The molecule has 1 amide bonds. The number of amides is 1. The fraction of sp³-hybridized carbons (Fsp3) is 0.909. The van der Waals surface area contributed by atoms with Crippen LogP contribution in [0.3, 0.4) is 0 Å². The molecule has 0 aromatic carbocycles. The topological polar surface area (TPSA) is 32.3 Å². The van der Waals surface area contributed by atoms with Gasteiger partial charge in [-0.2, -0.15) is 0 Å². The Morgan fingerprint density at radius 3 is 2.64 bits per heavy atom. The number of nitrogens with zero attached hydrogens (tertiary/aromatic N) is 1. The van der Waals surface area contributed by atoms with Crippen LogP contribution in [0.1, 0.15) is 26.7 Å². The molecule has 0 spiro atoms. The third-order valence-corrected chi connectivity index (χ3v) is 2.47. The van der Waals surface area contributed by atoms with Gasteiger partial charge >= 0.3 is 0 Å². The third-order valence-electron chi connectivity index (χ3n) is 2.47. The molecule has 0 aliphatic heterocycles. The maximum absolute atomic E-state index is 11.5. The first-order valence-electron chi connectivity index (χ1n) is 5.54. The van der Waals surface area contributed by atoms with Gasteiger partial charge in [-0.25, -0.2) is 0 Å². The van der Waals surface area contributed by atoms with E-state index in [1.165, 1.54) is 12.8 Å². The molecule has 0 atom stereocenters. The van der Waals surface area contributed by atoms with E-state index in [4.69, 9.17) is 0 Å². The highest BCUT2D eigenvalue weighted by Gasteiger charge is 2.20. The number of likely N-dealkylation sites (N-methyl/N-ethyl adjacent to an activating group) is 1. The Morgan fingerprint density at radius 2 is 2.14 bits per heavy atom. The van der Waals surface area contributed by atoms with Crippen LogP contribution in [0.25, 0.3) is 0 Å². The first-order chi connectivity index (χ1) is 6.59. The van der Waals surface area contributed by atoms with E-state index < -0.39 is 0 Å². The monoisotopic (exact) mass is 198 g/mol. The van der Waals surface area contributed by atoms with Crippen molar-refractivity contribution in [2.45, 2.75) is 26.7 Å². The molecular weight excluding hydrogens is 176 g/mol. The van der Waals surface area contributed by atoms with E-state index in [2.05, 4.69) is 19.2 Å². The van der Waals surface area contributed by atoms with Gasteiger partial charge < -0.3 is 10.2 Å². The van der Waals surface area contributed by atoms with Crippen molar-refractivity contribution in [3.05, 3.63) is 0 Å². The molecule has 82 valence electrons. The lowest BCUT2D eigenvalue weighted by Crippen LogP contribution is -2.38. The molecular formula is C11H22N2O. The molecule has 1 fully saturated rings. The zero-order valence-corrected chi connectivity index (χ0v) is 9.55. The van der Waals surface area contributed by atoms with Gasteiger partial charge in [-0.1, -0.05) is 13.8 Å². The minimum atomic E-state index is 0.208. The van der Waals surface area contributed by atoms with Crippen LogP contribution in [-0.2, 0) is 4.79 Å². The Morgan fingerprint density at radius 1 is 1.50 bits per heavy atom. The highest BCUT2D eigenvalue weighted by molar-refractivity contribution is 5.77. The Labute approximate surface area is 86.9 Å². The number of nitrogens with one attached hydrogen (secondary N) is 1. The number of carbonyl (C=O) groups excluding carboxylic acids is 1. The Kier molecular flexibility index (Phi) is 4.39. The zero-order valence-electron chi connectivity index (χ0n) is 9.55. The van der Waals surface area contributed by atoms with Gasteiger partial charge in [-0.15, -0.1) is 0 Å². The number of rotatable bonds is 6. The summed E-state index contributed by atoms with van der Waals surface area (Å²) in [6.45, 7) is 6.62. The summed E-state index contributed by atoms with van der Waals surface area (Å²) in [5.74, 6) is 1.60. The first kappa shape index (κ1) is 11.5. The zero-order chi connectivity index (χ0) is 10.6. The SMILES string of the molecule is CC(C)CN(C)C(=O)CNCC1CC1. The molecule has 1 aliphatic carbocycles. The summed E-state index contributed by atoms with van der Waals surface area (Å²) in [5, 5.41) is 3.21. The average Bonchev–Trinajstić information content (AvgIpc) is 2.86. The number of hydrogen-bond donors (Lipinski definition) is 1. The molecule has 0 heterocycles. The summed E-state index contributed by atoms with van der Waals surface area (Å²) in [6.07, 6.45) is 2.67. The van der Waals surface area contributed by atoms with Gasteiger partial charge in [0.15, 0.2) is 0 Å². The average molecular weight is 198 g/mol. The molecule has 1 saturated carbocycles. The highest BCUT2D eigenvalue weighted by Crippen LogP contribution is 2.27. The van der Waals surface area contributed by atoms with Crippen LogP contribution in [0, 0.1) is 11.8 Å². The number of hydrogen-bond acceptors (Lipinski definition) is 2. The summed E-state index contributed by atoms with van der Waals surface area (Å²) in [5.41, 5.74) is 0. The van der Waals surface area contributed by atoms with Crippen LogP contribution in [0.2, 0.25) is 0 Å². The second kappa shape index (κ2) is 5.35. The standard InChI is InChI=1S/C11H22N2O/c1-9(2)8-13(3)11(14)7-12-6-10-4-5-10/h9-10,12H,4-8H2,1-3H3. The lowest BCUT2D eigenvalue weighted by molar-refractivity contribution is -0.129. The minimum absolute atomic E-state index is 0.208. The summed E-state index contributed by atoms with van der Waals surface area (Å²) >= 11 is 0. The molecule has 0 radical (unpaired) electrons. The predicted molar refractivity (Wildman–Crippen MR) is 58.1 cm³/mol. The summed E-state index contributed by atoms with van der Waals surface area (Å²) in [7, 11) is 1.88. The molecule has 1 rings (SSSR count). The molecule has 0 unspecified atom stereocenters. The van der Waals surface area contributed by atoms with Crippen molar-refractivity contribution in [3.8, 4) is 0 Å². The Hall–Kier alpha value is -0.570. The second-order valence-corrected chi connectivity index (χ2v) is 4.74. The minimum Gasteiger partial charge on any atom is -0.344 e. The van der Waals surface area contributed by atoms with E-state index in [0.29, 0.717) is 12.5 Å². The third kappa shape index (κ3) is 4.61. The molecule has 14 heavy (non-hydrogen) atoms.